The molecule has 6 nitrogen and oxygen atoms in total. The Morgan fingerprint density at radius 3 is 2.38 bits per heavy atom. The summed E-state index contributed by atoms with van der Waals surface area (Å²) in [6.07, 6.45) is 4.63. The van der Waals surface area contributed by atoms with E-state index in [1.54, 1.807) is 6.20 Å². The van der Waals surface area contributed by atoms with Gasteiger partial charge >= 0.3 is 0 Å². The highest BCUT2D eigenvalue weighted by Gasteiger charge is 2.25. The van der Waals surface area contributed by atoms with E-state index in [0.717, 1.165) is 36.4 Å². The van der Waals surface area contributed by atoms with Crippen molar-refractivity contribution in [1.29, 1.82) is 0 Å². The van der Waals surface area contributed by atoms with E-state index in [9.17, 15) is 18.0 Å². The largest absolute Gasteiger partial charge is 0.362 e. The van der Waals surface area contributed by atoms with Crippen molar-refractivity contribution < 1.29 is 18.0 Å². The minimum Gasteiger partial charge on any atom is -0.362 e. The molecule has 0 aliphatic heterocycles. The first-order valence-corrected chi connectivity index (χ1v) is 9.48. The van der Waals surface area contributed by atoms with Gasteiger partial charge in [-0.3, -0.25) is 4.79 Å². The zero-order chi connectivity index (χ0) is 21.1. The average molecular weight is 407 g/mol. The Balaban J connectivity index is 1.55. The van der Waals surface area contributed by atoms with E-state index in [0.29, 0.717) is 18.8 Å². The molecule has 1 heterocycles. The Kier molecular flexibility index (Phi) is 6.24. The Hall–Kier alpha value is -2.84. The smallest absolute Gasteiger partial charge is 0.254 e. The number of aryl methyl sites for hydroxylation is 1. The number of nitrogens with zero attached hydrogens (tertiary/aromatic N) is 3. The van der Waals surface area contributed by atoms with Gasteiger partial charge in [0.1, 0.15) is 5.82 Å². The number of carbonyl (C=O) groups is 1. The van der Waals surface area contributed by atoms with Crippen molar-refractivity contribution in [1.82, 2.24) is 15.3 Å². The summed E-state index contributed by atoms with van der Waals surface area (Å²) in [6, 6.07) is 1.69. The summed E-state index contributed by atoms with van der Waals surface area (Å²) >= 11 is 0. The predicted molar refractivity (Wildman–Crippen MR) is 105 cm³/mol. The van der Waals surface area contributed by atoms with Crippen LogP contribution in [0.1, 0.15) is 41.6 Å². The van der Waals surface area contributed by atoms with Crippen LogP contribution in [0.4, 0.5) is 24.9 Å². The van der Waals surface area contributed by atoms with Gasteiger partial charge in [0.2, 0.25) is 5.95 Å². The van der Waals surface area contributed by atoms with Crippen LogP contribution < -0.4 is 15.5 Å². The van der Waals surface area contributed by atoms with E-state index < -0.39 is 28.9 Å². The van der Waals surface area contributed by atoms with E-state index in [1.165, 1.54) is 0 Å². The molecule has 156 valence electrons. The molecule has 1 aliphatic rings. The molecule has 2 N–H and O–H groups in total. The Morgan fingerprint density at radius 2 is 1.72 bits per heavy atom. The van der Waals surface area contributed by atoms with E-state index in [1.807, 2.05) is 25.9 Å². The lowest BCUT2D eigenvalue weighted by atomic mass is 9.91. The fourth-order valence-corrected chi connectivity index (χ4v) is 3.48. The van der Waals surface area contributed by atoms with Crippen molar-refractivity contribution >= 4 is 17.7 Å². The van der Waals surface area contributed by atoms with Gasteiger partial charge in [-0.25, -0.2) is 18.2 Å². The van der Waals surface area contributed by atoms with Gasteiger partial charge in [0.25, 0.3) is 5.91 Å². The number of benzene rings is 1. The Morgan fingerprint density at radius 1 is 1.07 bits per heavy atom. The number of rotatable bonds is 5. The molecule has 0 atom stereocenters. The summed E-state index contributed by atoms with van der Waals surface area (Å²) in [5.41, 5.74) is 0.491. The fraction of sp³-hybridized carbons (Fsp3) is 0.450. The molecular formula is C20H24F3N5O. The number of anilines is 2. The van der Waals surface area contributed by atoms with Gasteiger partial charge < -0.3 is 15.5 Å². The number of amides is 1. The monoisotopic (exact) mass is 407 g/mol. The minimum absolute atomic E-state index is 0.154. The summed E-state index contributed by atoms with van der Waals surface area (Å²) in [5.74, 6) is -3.77. The van der Waals surface area contributed by atoms with E-state index >= 15 is 0 Å². The van der Waals surface area contributed by atoms with Crippen LogP contribution >= 0.6 is 0 Å². The first-order valence-electron chi connectivity index (χ1n) is 9.48. The maximum Gasteiger partial charge on any atom is 0.254 e. The fourth-order valence-electron chi connectivity index (χ4n) is 3.48. The molecule has 29 heavy (non-hydrogen) atoms. The van der Waals surface area contributed by atoms with Gasteiger partial charge in [-0.1, -0.05) is 0 Å². The van der Waals surface area contributed by atoms with Crippen molar-refractivity contribution in [3.8, 4) is 0 Å². The topological polar surface area (TPSA) is 70.1 Å². The van der Waals surface area contributed by atoms with Crippen LogP contribution in [0.15, 0.2) is 18.3 Å². The number of carbonyl (C=O) groups excluding carboxylic acids is 1. The number of hydrogen-bond acceptors (Lipinski definition) is 5. The van der Waals surface area contributed by atoms with Crippen molar-refractivity contribution in [2.45, 2.75) is 44.7 Å². The number of hydrogen-bond donors (Lipinski definition) is 2. The lowest BCUT2D eigenvalue weighted by Crippen LogP contribution is -2.40. The third-order valence-electron chi connectivity index (χ3n) is 5.04. The first-order chi connectivity index (χ1) is 13.8. The van der Waals surface area contributed by atoms with Gasteiger partial charge in [-0.15, -0.1) is 0 Å². The van der Waals surface area contributed by atoms with E-state index in [2.05, 4.69) is 20.6 Å². The lowest BCUT2D eigenvalue weighted by Gasteiger charge is -2.30. The van der Waals surface area contributed by atoms with Crippen LogP contribution in [-0.4, -0.2) is 42.1 Å². The first kappa shape index (κ1) is 20.9. The molecule has 0 radical (unpaired) electrons. The van der Waals surface area contributed by atoms with Crippen LogP contribution in [-0.2, 0) is 0 Å². The second-order valence-electron chi connectivity index (χ2n) is 7.48. The Labute approximate surface area is 167 Å². The molecule has 1 amide bonds. The average Bonchev–Trinajstić information content (AvgIpc) is 2.69. The molecule has 0 spiro atoms. The highest BCUT2D eigenvalue weighted by atomic mass is 19.2. The number of aromatic nitrogens is 2. The van der Waals surface area contributed by atoms with Crippen LogP contribution in [0.2, 0.25) is 0 Å². The van der Waals surface area contributed by atoms with Crippen molar-refractivity contribution in [2.75, 3.05) is 24.3 Å². The molecule has 0 saturated heterocycles. The summed E-state index contributed by atoms with van der Waals surface area (Å²) in [6.45, 7) is 1.95. The van der Waals surface area contributed by atoms with E-state index in [4.69, 9.17) is 0 Å². The van der Waals surface area contributed by atoms with Crippen molar-refractivity contribution in [2.24, 2.45) is 0 Å². The summed E-state index contributed by atoms with van der Waals surface area (Å²) < 4.78 is 40.2. The molecular weight excluding hydrogens is 383 g/mol. The quantitative estimate of drug-likeness (QED) is 0.744. The van der Waals surface area contributed by atoms with Crippen molar-refractivity contribution in [3.63, 3.8) is 0 Å². The molecule has 1 saturated carbocycles. The van der Waals surface area contributed by atoms with Gasteiger partial charge in [0, 0.05) is 37.9 Å². The SMILES string of the molecule is Cc1cnc(NC2CCC(NC(=O)c3ccc(F)c(F)c3F)CC2)nc1N(C)C. The zero-order valence-electron chi connectivity index (χ0n) is 16.6. The van der Waals surface area contributed by atoms with Gasteiger partial charge in [-0.2, -0.15) is 4.98 Å². The van der Waals surface area contributed by atoms with E-state index in [-0.39, 0.29) is 12.1 Å². The zero-order valence-corrected chi connectivity index (χ0v) is 16.6. The second-order valence-corrected chi connectivity index (χ2v) is 7.48. The molecule has 1 aliphatic carbocycles. The highest BCUT2D eigenvalue weighted by molar-refractivity contribution is 5.94. The summed E-state index contributed by atoms with van der Waals surface area (Å²) in [4.78, 5) is 23.0. The maximum atomic E-state index is 13.8. The molecule has 2 aromatic rings. The summed E-state index contributed by atoms with van der Waals surface area (Å²) in [5, 5.41) is 6.02. The third kappa shape index (κ3) is 4.78. The minimum atomic E-state index is -1.64. The molecule has 3 rings (SSSR count). The Bertz CT molecular complexity index is 898. The molecule has 9 heteroatoms. The second kappa shape index (κ2) is 8.67. The van der Waals surface area contributed by atoms with Crippen molar-refractivity contribution in [3.05, 3.63) is 46.9 Å². The maximum absolute atomic E-state index is 13.8. The van der Waals surface area contributed by atoms with Crippen LogP contribution in [0, 0.1) is 24.4 Å². The molecule has 1 aromatic heterocycles. The molecule has 1 aromatic carbocycles. The van der Waals surface area contributed by atoms with Crippen LogP contribution in [0.5, 0.6) is 0 Å². The van der Waals surface area contributed by atoms with Gasteiger partial charge in [-0.05, 0) is 44.7 Å². The van der Waals surface area contributed by atoms with Crippen LogP contribution in [0.3, 0.4) is 0 Å². The number of nitrogens with one attached hydrogen (secondary N) is 2. The van der Waals surface area contributed by atoms with Gasteiger partial charge in [0.05, 0.1) is 5.56 Å². The van der Waals surface area contributed by atoms with Gasteiger partial charge in [0.15, 0.2) is 17.5 Å². The predicted octanol–water partition coefficient (Wildman–Crippen LogP) is 3.42. The number of halogens is 3. The highest BCUT2D eigenvalue weighted by Crippen LogP contribution is 2.23. The summed E-state index contributed by atoms with van der Waals surface area (Å²) in [7, 11) is 3.84. The lowest BCUT2D eigenvalue weighted by molar-refractivity contribution is 0.0921. The molecule has 1 fully saturated rings. The normalized spacial score (nSPS) is 19.0. The molecule has 0 unspecified atom stereocenters. The van der Waals surface area contributed by atoms with Crippen LogP contribution in [0.25, 0.3) is 0 Å². The third-order valence-corrected chi connectivity index (χ3v) is 5.04. The molecule has 0 bridgehead atoms. The standard InChI is InChI=1S/C20H24F3N5O/c1-11-10-24-20(27-18(11)28(2)3)26-13-6-4-12(5-7-13)25-19(29)14-8-9-15(21)17(23)16(14)22/h8-10,12-13H,4-7H2,1-3H3,(H,25,29)(H,24,26,27).